The van der Waals surface area contributed by atoms with Gasteiger partial charge >= 0.3 is 0 Å². The number of hydrogen-bond donors (Lipinski definition) is 1. The van der Waals surface area contributed by atoms with Crippen LogP contribution in [0.25, 0.3) is 22.2 Å². The van der Waals surface area contributed by atoms with Gasteiger partial charge in [0, 0.05) is 36.8 Å². The number of hydrogen-bond acceptors (Lipinski definition) is 8. The number of aryl methyl sites for hydroxylation is 1. The van der Waals surface area contributed by atoms with E-state index in [2.05, 4.69) is 34.6 Å². The summed E-state index contributed by atoms with van der Waals surface area (Å²) in [5.41, 5.74) is 5.78. The van der Waals surface area contributed by atoms with Gasteiger partial charge in [0.15, 0.2) is 0 Å². The lowest BCUT2D eigenvalue weighted by atomic mass is 10.0. The third-order valence-electron chi connectivity index (χ3n) is 9.46. The number of nitrogens with zero attached hydrogens (tertiary/aromatic N) is 3. The maximum atomic E-state index is 14.2. The highest BCUT2D eigenvalue weighted by Gasteiger charge is 2.36. The van der Waals surface area contributed by atoms with Crippen molar-refractivity contribution < 1.29 is 27.7 Å². The van der Waals surface area contributed by atoms with E-state index >= 15 is 0 Å². The summed E-state index contributed by atoms with van der Waals surface area (Å²) >= 11 is 5.94. The number of benzene rings is 5. The summed E-state index contributed by atoms with van der Waals surface area (Å²) in [6, 6.07) is 37.2. The number of fused-ring (bicyclic) bond motifs is 1. The number of nitro groups is 1. The van der Waals surface area contributed by atoms with Gasteiger partial charge in [-0.2, -0.15) is 0 Å². The van der Waals surface area contributed by atoms with E-state index in [-0.39, 0.29) is 17.0 Å². The lowest BCUT2D eigenvalue weighted by Crippen LogP contribution is -2.45. The molecule has 0 radical (unpaired) electrons. The van der Waals surface area contributed by atoms with E-state index in [9.17, 15) is 28.1 Å². The van der Waals surface area contributed by atoms with Crippen molar-refractivity contribution in [2.24, 2.45) is 0 Å². The van der Waals surface area contributed by atoms with Gasteiger partial charge < -0.3 is 14.6 Å². The van der Waals surface area contributed by atoms with Crippen LogP contribution >= 0.6 is 11.6 Å². The minimum Gasteiger partial charge on any atom is -0.489 e. The second kappa shape index (κ2) is 16.6. The standard InChI is InChI=1S/C44H35ClN4O7S/c1-29-9-15-33(16-10-29)34-17-11-31(12-18-34)26-48-27-38(37-8-5-23-46-42(37)48)43(50)47-40(44(51)57(54,55)36-21-22-39(45)41(25-36)49(52)53)24-30-13-19-35(20-14-30)56-28-32-6-3-2-4-7-32/h2-23,25,27,40H,24,26,28H2,1H3,(H,47,50)/t40-/m0/s1. The summed E-state index contributed by atoms with van der Waals surface area (Å²) in [4.78, 5) is 42.8. The summed E-state index contributed by atoms with van der Waals surface area (Å²) in [5, 5.41) is 13.1. The molecular formula is C44H35ClN4O7S. The first-order valence-corrected chi connectivity index (χ1v) is 19.7. The first-order valence-electron chi connectivity index (χ1n) is 17.9. The fraction of sp³-hybridized carbons (Fsp3) is 0.114. The van der Waals surface area contributed by atoms with Crippen LogP contribution in [-0.4, -0.2) is 40.0 Å². The largest absolute Gasteiger partial charge is 0.489 e. The van der Waals surface area contributed by atoms with Gasteiger partial charge in [0.25, 0.3) is 16.7 Å². The van der Waals surface area contributed by atoms with Crippen molar-refractivity contribution in [2.45, 2.75) is 37.4 Å². The van der Waals surface area contributed by atoms with Gasteiger partial charge in [-0.25, -0.2) is 13.4 Å². The van der Waals surface area contributed by atoms with Gasteiger partial charge in [-0.1, -0.05) is 108 Å². The zero-order chi connectivity index (χ0) is 40.1. The summed E-state index contributed by atoms with van der Waals surface area (Å²) in [7, 11) is -4.87. The van der Waals surface area contributed by atoms with Crippen molar-refractivity contribution in [1.82, 2.24) is 14.9 Å². The van der Waals surface area contributed by atoms with Crippen LogP contribution in [0.15, 0.2) is 151 Å². The van der Waals surface area contributed by atoms with E-state index in [0.29, 0.717) is 35.5 Å². The zero-order valence-electron chi connectivity index (χ0n) is 30.5. The number of amides is 1. The number of aromatic nitrogens is 2. The molecule has 13 heteroatoms. The van der Waals surface area contributed by atoms with E-state index < -0.39 is 42.4 Å². The second-order valence-electron chi connectivity index (χ2n) is 13.4. The Morgan fingerprint density at radius 2 is 1.51 bits per heavy atom. The topological polar surface area (TPSA) is 150 Å². The highest BCUT2D eigenvalue weighted by atomic mass is 35.5. The van der Waals surface area contributed by atoms with Gasteiger partial charge in [0.2, 0.25) is 9.84 Å². The first-order chi connectivity index (χ1) is 27.5. The normalized spacial score (nSPS) is 11.9. The first kappa shape index (κ1) is 38.6. The van der Waals surface area contributed by atoms with Gasteiger partial charge in [-0.05, 0) is 71.1 Å². The molecule has 7 aromatic rings. The Bertz CT molecular complexity index is 2700. The molecule has 0 aliphatic heterocycles. The van der Waals surface area contributed by atoms with Gasteiger partial charge in [-0.3, -0.25) is 19.7 Å². The third kappa shape index (κ3) is 8.77. The number of carbonyl (C=O) groups is 2. The molecule has 2 heterocycles. The fourth-order valence-corrected chi connectivity index (χ4v) is 7.85. The van der Waals surface area contributed by atoms with Crippen LogP contribution in [0.2, 0.25) is 5.02 Å². The predicted octanol–water partition coefficient (Wildman–Crippen LogP) is 8.54. The van der Waals surface area contributed by atoms with Crippen LogP contribution in [0.1, 0.15) is 32.6 Å². The average molecular weight is 799 g/mol. The molecule has 0 aliphatic rings. The van der Waals surface area contributed by atoms with Crippen LogP contribution in [-0.2, 0) is 34.2 Å². The lowest BCUT2D eigenvalue weighted by molar-refractivity contribution is -0.384. The molecule has 2 aromatic heterocycles. The van der Waals surface area contributed by atoms with Crippen LogP contribution < -0.4 is 10.1 Å². The molecule has 0 aliphatic carbocycles. The number of nitro benzene ring substituents is 1. The van der Waals surface area contributed by atoms with E-state index in [4.69, 9.17) is 16.3 Å². The molecule has 0 fully saturated rings. The molecule has 5 aromatic carbocycles. The van der Waals surface area contributed by atoms with Crippen molar-refractivity contribution in [3.63, 3.8) is 0 Å². The Balaban J connectivity index is 1.17. The Labute approximate surface area is 333 Å². The Morgan fingerprint density at radius 3 is 2.19 bits per heavy atom. The molecule has 1 atom stereocenters. The van der Waals surface area contributed by atoms with E-state index in [1.807, 2.05) is 66.1 Å². The number of sulfone groups is 1. The van der Waals surface area contributed by atoms with Crippen LogP contribution in [0.4, 0.5) is 5.69 Å². The van der Waals surface area contributed by atoms with E-state index in [1.54, 1.807) is 48.8 Å². The number of carbonyl (C=O) groups excluding carboxylic acids is 2. The van der Waals surface area contributed by atoms with Crippen molar-refractivity contribution >= 4 is 49.2 Å². The third-order valence-corrected chi connectivity index (χ3v) is 11.5. The van der Waals surface area contributed by atoms with Crippen molar-refractivity contribution in [2.75, 3.05) is 0 Å². The van der Waals surface area contributed by atoms with Gasteiger partial charge in [0.05, 0.1) is 15.4 Å². The van der Waals surface area contributed by atoms with Crippen LogP contribution in [0.5, 0.6) is 5.75 Å². The number of nitrogens with one attached hydrogen (secondary N) is 1. The predicted molar refractivity (Wildman–Crippen MR) is 218 cm³/mol. The van der Waals surface area contributed by atoms with E-state index in [0.717, 1.165) is 40.5 Å². The monoisotopic (exact) mass is 798 g/mol. The molecule has 1 N–H and O–H groups in total. The zero-order valence-corrected chi connectivity index (χ0v) is 32.1. The molecule has 7 rings (SSSR count). The molecule has 0 unspecified atom stereocenters. The maximum absolute atomic E-state index is 14.2. The van der Waals surface area contributed by atoms with Crippen molar-refractivity contribution in [1.29, 1.82) is 0 Å². The number of rotatable bonds is 13. The highest BCUT2D eigenvalue weighted by molar-refractivity contribution is 8.06. The highest BCUT2D eigenvalue weighted by Crippen LogP contribution is 2.29. The Hall–Kier alpha value is -6.63. The van der Waals surface area contributed by atoms with Crippen molar-refractivity contribution in [3.05, 3.63) is 189 Å². The quantitative estimate of drug-likeness (QED) is 0.0901. The van der Waals surface area contributed by atoms with Crippen molar-refractivity contribution in [3.8, 4) is 16.9 Å². The Kier molecular flexibility index (Phi) is 11.3. The van der Waals surface area contributed by atoms with Crippen LogP contribution in [0.3, 0.4) is 0 Å². The number of halogens is 1. The molecule has 57 heavy (non-hydrogen) atoms. The number of ether oxygens (including phenoxy) is 1. The van der Waals surface area contributed by atoms with E-state index in [1.165, 1.54) is 5.56 Å². The smallest absolute Gasteiger partial charge is 0.289 e. The molecular weight excluding hydrogens is 764 g/mol. The SMILES string of the molecule is Cc1ccc(-c2ccc(Cn3cc(C(=O)N[C@@H](Cc4ccc(OCc5ccccc5)cc4)C(=O)S(=O)(=O)c4ccc(Cl)c([N+](=O)[O-])c4)c4cccnc43)cc2)cc1. The fourth-order valence-electron chi connectivity index (χ4n) is 6.40. The molecule has 0 saturated heterocycles. The molecule has 1 amide bonds. The minimum absolute atomic E-state index is 0.177. The second-order valence-corrected chi connectivity index (χ2v) is 15.7. The molecule has 0 saturated carbocycles. The summed E-state index contributed by atoms with van der Waals surface area (Å²) < 4.78 is 35.3. The summed E-state index contributed by atoms with van der Waals surface area (Å²) in [6.07, 6.45) is 3.01. The summed E-state index contributed by atoms with van der Waals surface area (Å²) in [5.74, 6) is -0.166. The van der Waals surface area contributed by atoms with Crippen LogP contribution in [0, 0.1) is 17.0 Å². The lowest BCUT2D eigenvalue weighted by Gasteiger charge is -2.18. The molecule has 11 nitrogen and oxygen atoms in total. The Morgan fingerprint density at radius 1 is 0.842 bits per heavy atom. The number of pyridine rings is 1. The minimum atomic E-state index is -4.87. The molecule has 286 valence electrons. The average Bonchev–Trinajstić information content (AvgIpc) is 3.59. The van der Waals surface area contributed by atoms with Gasteiger partial charge in [-0.15, -0.1) is 0 Å². The van der Waals surface area contributed by atoms with Gasteiger partial charge in [0.1, 0.15) is 29.1 Å². The molecule has 0 spiro atoms. The maximum Gasteiger partial charge on any atom is 0.289 e. The summed E-state index contributed by atoms with van der Waals surface area (Å²) in [6.45, 7) is 2.74. The molecule has 0 bridgehead atoms.